The van der Waals surface area contributed by atoms with Gasteiger partial charge in [-0.1, -0.05) is 30.9 Å². The molecule has 1 heteroatoms. The van der Waals surface area contributed by atoms with Crippen LogP contribution in [0.4, 0.5) is 0 Å². The van der Waals surface area contributed by atoms with Crippen LogP contribution in [0.1, 0.15) is 51.9 Å². The van der Waals surface area contributed by atoms with Gasteiger partial charge < -0.3 is 4.74 Å². The van der Waals surface area contributed by atoms with E-state index in [9.17, 15) is 0 Å². The molecule has 0 aromatic carbocycles. The first-order chi connectivity index (χ1) is 6.84. The SMILES string of the molecule is COCCC/C=C(\C)C1CCCCC1. The van der Waals surface area contributed by atoms with Gasteiger partial charge in [0.2, 0.25) is 0 Å². The van der Waals surface area contributed by atoms with Gasteiger partial charge in [0.1, 0.15) is 0 Å². The summed E-state index contributed by atoms with van der Waals surface area (Å²) in [6.45, 7) is 3.21. The number of allylic oxidation sites excluding steroid dienone is 2. The average molecular weight is 196 g/mol. The Hall–Kier alpha value is -0.300. The first kappa shape index (κ1) is 11.8. The van der Waals surface area contributed by atoms with Crippen molar-refractivity contribution in [2.45, 2.75) is 51.9 Å². The van der Waals surface area contributed by atoms with Crippen LogP contribution in [-0.2, 0) is 4.74 Å². The fourth-order valence-electron chi connectivity index (χ4n) is 2.28. The molecule has 0 aliphatic heterocycles. The van der Waals surface area contributed by atoms with Gasteiger partial charge in [0.15, 0.2) is 0 Å². The highest BCUT2D eigenvalue weighted by Crippen LogP contribution is 2.29. The van der Waals surface area contributed by atoms with Crippen molar-refractivity contribution in [3.8, 4) is 0 Å². The lowest BCUT2D eigenvalue weighted by Gasteiger charge is -2.22. The molecule has 0 atom stereocenters. The minimum Gasteiger partial charge on any atom is -0.385 e. The van der Waals surface area contributed by atoms with E-state index < -0.39 is 0 Å². The molecule has 0 aromatic rings. The smallest absolute Gasteiger partial charge is 0.0465 e. The van der Waals surface area contributed by atoms with Crippen molar-refractivity contribution in [2.75, 3.05) is 13.7 Å². The Morgan fingerprint density at radius 3 is 2.64 bits per heavy atom. The van der Waals surface area contributed by atoms with Crippen LogP contribution >= 0.6 is 0 Å². The van der Waals surface area contributed by atoms with Crippen LogP contribution in [0.3, 0.4) is 0 Å². The minimum absolute atomic E-state index is 0.895. The maximum absolute atomic E-state index is 5.04. The van der Waals surface area contributed by atoms with Crippen LogP contribution in [0.5, 0.6) is 0 Å². The lowest BCUT2D eigenvalue weighted by molar-refractivity contribution is 0.195. The highest BCUT2D eigenvalue weighted by molar-refractivity contribution is 5.04. The normalized spacial score (nSPS) is 20.0. The number of methoxy groups -OCH3 is 1. The molecule has 0 radical (unpaired) electrons. The molecular weight excluding hydrogens is 172 g/mol. The second kappa shape index (κ2) is 7.05. The van der Waals surface area contributed by atoms with Crippen LogP contribution in [0, 0.1) is 5.92 Å². The Labute approximate surface area is 88.5 Å². The summed E-state index contributed by atoms with van der Waals surface area (Å²) in [6.07, 6.45) is 12.0. The summed E-state index contributed by atoms with van der Waals surface area (Å²) in [5.74, 6) is 0.895. The highest BCUT2D eigenvalue weighted by Gasteiger charge is 2.13. The Kier molecular flexibility index (Phi) is 5.93. The van der Waals surface area contributed by atoms with Crippen molar-refractivity contribution in [3.63, 3.8) is 0 Å². The minimum atomic E-state index is 0.895. The van der Waals surface area contributed by atoms with Crippen molar-refractivity contribution in [1.82, 2.24) is 0 Å². The van der Waals surface area contributed by atoms with E-state index in [4.69, 9.17) is 4.74 Å². The van der Waals surface area contributed by atoms with Crippen LogP contribution in [0.25, 0.3) is 0 Å². The van der Waals surface area contributed by atoms with E-state index in [1.54, 1.807) is 12.7 Å². The number of unbranched alkanes of at least 4 members (excludes halogenated alkanes) is 1. The van der Waals surface area contributed by atoms with Gasteiger partial charge in [-0.05, 0) is 38.5 Å². The molecule has 1 fully saturated rings. The zero-order valence-electron chi connectivity index (χ0n) is 9.72. The molecule has 0 spiro atoms. The molecule has 0 bridgehead atoms. The summed E-state index contributed by atoms with van der Waals surface area (Å²) in [6, 6.07) is 0. The third-order valence-electron chi connectivity index (χ3n) is 3.27. The second-order valence-electron chi connectivity index (χ2n) is 4.42. The molecular formula is C13H24O. The predicted octanol–water partition coefficient (Wildman–Crippen LogP) is 3.94. The molecule has 0 aromatic heterocycles. The first-order valence-corrected chi connectivity index (χ1v) is 6.00. The molecule has 82 valence electrons. The molecule has 1 saturated carbocycles. The van der Waals surface area contributed by atoms with E-state index in [1.165, 1.54) is 44.9 Å². The van der Waals surface area contributed by atoms with Crippen molar-refractivity contribution < 1.29 is 4.74 Å². The number of ether oxygens (including phenoxy) is 1. The van der Waals surface area contributed by atoms with Crippen molar-refractivity contribution in [3.05, 3.63) is 11.6 Å². The van der Waals surface area contributed by atoms with Crippen molar-refractivity contribution in [2.24, 2.45) is 5.92 Å². The molecule has 1 nitrogen and oxygen atoms in total. The van der Waals surface area contributed by atoms with Crippen LogP contribution in [0.15, 0.2) is 11.6 Å². The summed E-state index contributed by atoms with van der Waals surface area (Å²) in [5.41, 5.74) is 1.63. The third kappa shape index (κ3) is 4.28. The summed E-state index contributed by atoms with van der Waals surface area (Å²) < 4.78 is 5.04. The van der Waals surface area contributed by atoms with Crippen LogP contribution in [0.2, 0.25) is 0 Å². The fourth-order valence-corrected chi connectivity index (χ4v) is 2.28. The van der Waals surface area contributed by atoms with Gasteiger partial charge in [-0.3, -0.25) is 0 Å². The highest BCUT2D eigenvalue weighted by atomic mass is 16.5. The zero-order valence-corrected chi connectivity index (χ0v) is 9.72. The zero-order chi connectivity index (χ0) is 10.2. The van der Waals surface area contributed by atoms with E-state index in [0.717, 1.165) is 12.5 Å². The topological polar surface area (TPSA) is 9.23 Å². The lowest BCUT2D eigenvalue weighted by atomic mass is 9.84. The molecule has 1 aliphatic rings. The summed E-state index contributed by atoms with van der Waals surface area (Å²) >= 11 is 0. The quantitative estimate of drug-likeness (QED) is 0.478. The molecule has 1 rings (SSSR count). The second-order valence-corrected chi connectivity index (χ2v) is 4.42. The molecule has 1 aliphatic carbocycles. The maximum atomic E-state index is 5.04. The van der Waals surface area contributed by atoms with Crippen LogP contribution < -0.4 is 0 Å². The van der Waals surface area contributed by atoms with Crippen molar-refractivity contribution >= 4 is 0 Å². The Bertz CT molecular complexity index is 166. The van der Waals surface area contributed by atoms with E-state index in [1.807, 2.05) is 0 Å². The maximum Gasteiger partial charge on any atom is 0.0465 e. The third-order valence-corrected chi connectivity index (χ3v) is 3.27. The number of hydrogen-bond donors (Lipinski definition) is 0. The largest absolute Gasteiger partial charge is 0.385 e. The van der Waals surface area contributed by atoms with Gasteiger partial charge in [-0.2, -0.15) is 0 Å². The van der Waals surface area contributed by atoms with Crippen LogP contribution in [-0.4, -0.2) is 13.7 Å². The predicted molar refractivity (Wildman–Crippen MR) is 61.4 cm³/mol. The number of hydrogen-bond acceptors (Lipinski definition) is 1. The van der Waals surface area contributed by atoms with Gasteiger partial charge >= 0.3 is 0 Å². The van der Waals surface area contributed by atoms with Gasteiger partial charge in [-0.15, -0.1) is 0 Å². The monoisotopic (exact) mass is 196 g/mol. The average Bonchev–Trinajstić information content (AvgIpc) is 2.25. The van der Waals surface area contributed by atoms with Gasteiger partial charge in [0.25, 0.3) is 0 Å². The standard InChI is InChI=1S/C13H24O/c1-12(8-6-7-11-14-2)13-9-4-3-5-10-13/h8,13H,3-7,9-11H2,1-2H3/b12-8+. The van der Waals surface area contributed by atoms with Gasteiger partial charge in [0.05, 0.1) is 0 Å². The Balaban J connectivity index is 2.20. The Morgan fingerprint density at radius 2 is 2.00 bits per heavy atom. The molecule has 14 heavy (non-hydrogen) atoms. The van der Waals surface area contributed by atoms with Gasteiger partial charge in [-0.25, -0.2) is 0 Å². The molecule has 0 heterocycles. The summed E-state index contributed by atoms with van der Waals surface area (Å²) in [7, 11) is 1.78. The summed E-state index contributed by atoms with van der Waals surface area (Å²) in [5, 5.41) is 0. The van der Waals surface area contributed by atoms with Crippen molar-refractivity contribution in [1.29, 1.82) is 0 Å². The van der Waals surface area contributed by atoms with Gasteiger partial charge in [0, 0.05) is 13.7 Å². The molecule has 0 unspecified atom stereocenters. The first-order valence-electron chi connectivity index (χ1n) is 6.00. The molecule has 0 saturated heterocycles. The molecule has 0 amide bonds. The summed E-state index contributed by atoms with van der Waals surface area (Å²) in [4.78, 5) is 0. The van der Waals surface area contributed by atoms with E-state index in [0.29, 0.717) is 0 Å². The van der Waals surface area contributed by atoms with E-state index in [-0.39, 0.29) is 0 Å². The van der Waals surface area contributed by atoms with E-state index >= 15 is 0 Å². The number of rotatable bonds is 5. The Morgan fingerprint density at radius 1 is 1.29 bits per heavy atom. The lowest BCUT2D eigenvalue weighted by Crippen LogP contribution is -2.07. The van der Waals surface area contributed by atoms with E-state index in [2.05, 4.69) is 13.0 Å². The molecule has 0 N–H and O–H groups in total. The fraction of sp³-hybridized carbons (Fsp3) is 0.846.